The van der Waals surface area contributed by atoms with E-state index < -0.39 is 17.9 Å². The van der Waals surface area contributed by atoms with Crippen LogP contribution < -0.4 is 11.1 Å². The molecule has 0 heterocycles. The lowest BCUT2D eigenvalue weighted by Gasteiger charge is -2.20. The molecule has 0 aliphatic rings. The van der Waals surface area contributed by atoms with Gasteiger partial charge in [-0.1, -0.05) is 17.7 Å². The van der Waals surface area contributed by atoms with Gasteiger partial charge in [-0.25, -0.2) is 0 Å². The second kappa shape index (κ2) is 7.85. The van der Waals surface area contributed by atoms with Crippen molar-refractivity contribution >= 4 is 23.5 Å². The summed E-state index contributed by atoms with van der Waals surface area (Å²) in [5.74, 6) is -1.10. The monoisotopic (exact) mass is 314 g/mol. The van der Waals surface area contributed by atoms with Crippen LogP contribution in [0.3, 0.4) is 0 Å². The molecule has 0 radical (unpaired) electrons. The van der Waals surface area contributed by atoms with Crippen LogP contribution >= 0.6 is 11.6 Å². The molecule has 7 heteroatoms. The molecule has 0 aromatic heterocycles. The number of rotatable bonds is 6. The van der Waals surface area contributed by atoms with Crippen LogP contribution in [0.1, 0.15) is 30.5 Å². The summed E-state index contributed by atoms with van der Waals surface area (Å²) in [5.41, 5.74) is 6.42. The first-order valence-electron chi connectivity index (χ1n) is 6.53. The molecule has 0 fully saturated rings. The number of phenolic OH excluding ortho intramolecular Hbond substituents is 1. The van der Waals surface area contributed by atoms with Crippen molar-refractivity contribution in [3.05, 3.63) is 28.3 Å². The Morgan fingerprint density at radius 2 is 2.14 bits per heavy atom. The number of hydrogen-bond acceptors (Lipinski definition) is 5. The van der Waals surface area contributed by atoms with E-state index in [1.165, 1.54) is 0 Å². The Kier molecular flexibility index (Phi) is 6.45. The summed E-state index contributed by atoms with van der Waals surface area (Å²) in [4.78, 5) is 23.2. The number of nitrogens with one attached hydrogen (secondary N) is 1. The summed E-state index contributed by atoms with van der Waals surface area (Å²) in [6, 6.07) is 2.49. The fourth-order valence-corrected chi connectivity index (χ4v) is 2.19. The molecule has 1 rings (SSSR count). The van der Waals surface area contributed by atoms with E-state index in [1.807, 2.05) is 0 Å². The Bertz CT molecular complexity index is 534. The van der Waals surface area contributed by atoms with Crippen molar-refractivity contribution in [3.63, 3.8) is 0 Å². The molecule has 1 atom stereocenters. The smallest absolute Gasteiger partial charge is 0.308 e. The molecule has 0 aliphatic carbocycles. The Hall–Kier alpha value is -1.79. The number of halogens is 1. The topological polar surface area (TPSA) is 102 Å². The first-order valence-corrected chi connectivity index (χ1v) is 6.90. The lowest BCUT2D eigenvalue weighted by molar-refractivity contribution is -0.143. The first kappa shape index (κ1) is 17.3. The largest absolute Gasteiger partial charge is 0.506 e. The number of amides is 1. The number of carbonyl (C=O) groups is 2. The zero-order valence-corrected chi connectivity index (χ0v) is 12.7. The minimum atomic E-state index is -0.752. The van der Waals surface area contributed by atoms with Gasteiger partial charge in [0.25, 0.3) is 0 Å². The van der Waals surface area contributed by atoms with E-state index in [4.69, 9.17) is 22.1 Å². The number of ether oxygens (including phenoxy) is 1. The number of esters is 1. The molecule has 0 bridgehead atoms. The zero-order valence-electron chi connectivity index (χ0n) is 12.0. The van der Waals surface area contributed by atoms with E-state index >= 15 is 0 Å². The van der Waals surface area contributed by atoms with Gasteiger partial charge in [0.2, 0.25) is 5.91 Å². The maximum absolute atomic E-state index is 11.7. The molecule has 1 unspecified atom stereocenters. The summed E-state index contributed by atoms with van der Waals surface area (Å²) < 4.78 is 4.87. The van der Waals surface area contributed by atoms with E-state index in [9.17, 15) is 14.7 Å². The summed E-state index contributed by atoms with van der Waals surface area (Å²) in [7, 11) is 0. The number of aromatic hydroxyl groups is 1. The second-order valence-electron chi connectivity index (χ2n) is 4.52. The van der Waals surface area contributed by atoms with Crippen LogP contribution in [0.15, 0.2) is 12.1 Å². The highest BCUT2D eigenvalue weighted by Gasteiger charge is 2.23. The number of nitrogens with two attached hydrogens (primary N) is 1. The molecule has 1 aromatic rings. The zero-order chi connectivity index (χ0) is 16.0. The summed E-state index contributed by atoms with van der Waals surface area (Å²) in [5, 5.41) is 12.8. The lowest BCUT2D eigenvalue weighted by Crippen LogP contribution is -2.35. The molecule has 0 saturated carbocycles. The summed E-state index contributed by atoms with van der Waals surface area (Å²) >= 11 is 5.93. The van der Waals surface area contributed by atoms with Gasteiger partial charge in [0.05, 0.1) is 30.6 Å². The van der Waals surface area contributed by atoms with Gasteiger partial charge in [0, 0.05) is 5.56 Å². The molecular weight excluding hydrogens is 296 g/mol. The highest BCUT2D eigenvalue weighted by Crippen LogP contribution is 2.34. The van der Waals surface area contributed by atoms with E-state index in [-0.39, 0.29) is 30.3 Å². The lowest BCUT2D eigenvalue weighted by atomic mass is 10.00. The van der Waals surface area contributed by atoms with E-state index in [0.29, 0.717) is 5.56 Å². The molecule has 4 N–H and O–H groups in total. The molecule has 0 saturated heterocycles. The minimum absolute atomic E-state index is 0.118. The predicted octanol–water partition coefficient (Wildman–Crippen LogP) is 1.42. The van der Waals surface area contributed by atoms with Crippen LogP contribution in [0.25, 0.3) is 0 Å². The highest BCUT2D eigenvalue weighted by molar-refractivity contribution is 6.32. The van der Waals surface area contributed by atoms with Crippen LogP contribution in [0.2, 0.25) is 5.02 Å². The maximum Gasteiger partial charge on any atom is 0.308 e. The summed E-state index contributed by atoms with van der Waals surface area (Å²) in [6.45, 7) is 3.49. The van der Waals surface area contributed by atoms with Gasteiger partial charge >= 0.3 is 5.97 Å². The van der Waals surface area contributed by atoms with Crippen molar-refractivity contribution in [2.75, 3.05) is 13.2 Å². The van der Waals surface area contributed by atoms with E-state index in [2.05, 4.69) is 5.32 Å². The van der Waals surface area contributed by atoms with Crippen molar-refractivity contribution in [2.24, 2.45) is 5.73 Å². The Morgan fingerprint density at radius 3 is 2.71 bits per heavy atom. The van der Waals surface area contributed by atoms with Gasteiger partial charge in [0.15, 0.2) is 0 Å². The van der Waals surface area contributed by atoms with Crippen LogP contribution in [-0.4, -0.2) is 30.1 Å². The fraction of sp³-hybridized carbons (Fsp3) is 0.429. The average molecular weight is 315 g/mol. The normalized spacial score (nSPS) is 11.8. The van der Waals surface area contributed by atoms with Crippen LogP contribution in [0.5, 0.6) is 5.75 Å². The van der Waals surface area contributed by atoms with Gasteiger partial charge < -0.3 is 20.9 Å². The SMILES string of the molecule is CCOC(=O)CC(NC(=O)CN)c1cc(C)cc(Cl)c1O. The van der Waals surface area contributed by atoms with Crippen molar-refractivity contribution in [1.82, 2.24) is 5.32 Å². The number of phenols is 1. The molecular formula is C14H19ClN2O4. The van der Waals surface area contributed by atoms with Gasteiger partial charge in [-0.15, -0.1) is 0 Å². The third-order valence-electron chi connectivity index (χ3n) is 2.81. The van der Waals surface area contributed by atoms with Crippen LogP contribution in [-0.2, 0) is 14.3 Å². The first-order chi connectivity index (χ1) is 9.88. The molecule has 6 nitrogen and oxygen atoms in total. The Labute approximate surface area is 128 Å². The van der Waals surface area contributed by atoms with Gasteiger partial charge in [-0.2, -0.15) is 0 Å². The molecule has 1 aromatic carbocycles. The van der Waals surface area contributed by atoms with Gasteiger partial charge in [-0.3, -0.25) is 9.59 Å². The number of hydrogen-bond donors (Lipinski definition) is 3. The molecule has 1 amide bonds. The molecule has 116 valence electrons. The molecule has 0 aliphatic heterocycles. The number of carbonyl (C=O) groups excluding carboxylic acids is 2. The van der Waals surface area contributed by atoms with E-state index in [0.717, 1.165) is 5.56 Å². The maximum atomic E-state index is 11.7. The average Bonchev–Trinajstić information content (AvgIpc) is 2.42. The quantitative estimate of drug-likeness (QED) is 0.689. The number of benzene rings is 1. The van der Waals surface area contributed by atoms with Crippen molar-refractivity contribution in [3.8, 4) is 5.75 Å². The van der Waals surface area contributed by atoms with E-state index in [1.54, 1.807) is 26.0 Å². The van der Waals surface area contributed by atoms with Crippen LogP contribution in [0.4, 0.5) is 0 Å². The van der Waals surface area contributed by atoms with Gasteiger partial charge in [-0.05, 0) is 25.5 Å². The Morgan fingerprint density at radius 1 is 1.48 bits per heavy atom. The van der Waals surface area contributed by atoms with Crippen LogP contribution in [0, 0.1) is 6.92 Å². The minimum Gasteiger partial charge on any atom is -0.506 e. The third kappa shape index (κ3) is 4.91. The second-order valence-corrected chi connectivity index (χ2v) is 4.93. The molecule has 0 spiro atoms. The van der Waals surface area contributed by atoms with Crippen molar-refractivity contribution in [2.45, 2.75) is 26.3 Å². The standard InChI is InChI=1S/C14H19ClN2O4/c1-3-21-13(19)6-11(17-12(18)7-16)9-4-8(2)5-10(15)14(9)20/h4-5,11,20H,3,6-7,16H2,1-2H3,(H,17,18). The van der Waals surface area contributed by atoms with Crippen molar-refractivity contribution in [1.29, 1.82) is 0 Å². The highest BCUT2D eigenvalue weighted by atomic mass is 35.5. The van der Waals surface area contributed by atoms with Crippen molar-refractivity contribution < 1.29 is 19.4 Å². The fourth-order valence-electron chi connectivity index (χ4n) is 1.91. The Balaban J connectivity index is 3.10. The summed E-state index contributed by atoms with van der Waals surface area (Å²) in [6.07, 6.45) is -0.118. The number of aryl methyl sites for hydroxylation is 1. The van der Waals surface area contributed by atoms with Gasteiger partial charge in [0.1, 0.15) is 5.75 Å². The molecule has 21 heavy (non-hydrogen) atoms. The third-order valence-corrected chi connectivity index (χ3v) is 3.10. The predicted molar refractivity (Wildman–Crippen MR) is 79.0 cm³/mol.